The third kappa shape index (κ3) is 5.30. The third-order valence-corrected chi connectivity index (χ3v) is 3.13. The Morgan fingerprint density at radius 2 is 2.13 bits per heavy atom. The van der Waals surface area contributed by atoms with E-state index in [2.05, 4.69) is 20.6 Å². The number of nitrogens with zero attached hydrogens (tertiary/aromatic N) is 2. The fraction of sp³-hybridized carbons (Fsp3) is 0.312. The molecule has 6 nitrogen and oxygen atoms in total. The van der Waals surface area contributed by atoms with Crippen LogP contribution in [0.2, 0.25) is 0 Å². The Hall–Kier alpha value is -2.54. The summed E-state index contributed by atoms with van der Waals surface area (Å²) in [7, 11) is 1.64. The van der Waals surface area contributed by atoms with Gasteiger partial charge >= 0.3 is 0 Å². The lowest BCUT2D eigenvalue weighted by Crippen LogP contribution is -2.24. The molecule has 122 valence electrons. The fourth-order valence-electron chi connectivity index (χ4n) is 1.92. The van der Waals surface area contributed by atoms with Crippen LogP contribution in [-0.2, 0) is 11.3 Å². The maximum atomic E-state index is 13.5. The molecule has 7 heteroatoms. The first-order valence-electron chi connectivity index (χ1n) is 7.27. The SMILES string of the molecule is COCCCNc1cc(C(=O)NCc2ccccc2F)ncn1. The van der Waals surface area contributed by atoms with E-state index in [1.165, 1.54) is 12.4 Å². The average molecular weight is 318 g/mol. The summed E-state index contributed by atoms with van der Waals surface area (Å²) in [5.41, 5.74) is 0.651. The van der Waals surface area contributed by atoms with E-state index in [9.17, 15) is 9.18 Å². The Morgan fingerprint density at radius 1 is 1.30 bits per heavy atom. The van der Waals surface area contributed by atoms with Gasteiger partial charge in [-0.3, -0.25) is 4.79 Å². The zero-order chi connectivity index (χ0) is 16.5. The summed E-state index contributed by atoms with van der Waals surface area (Å²) in [6.07, 6.45) is 2.14. The molecule has 2 aromatic rings. The molecule has 0 saturated heterocycles. The number of anilines is 1. The van der Waals surface area contributed by atoms with E-state index in [1.54, 1.807) is 31.4 Å². The van der Waals surface area contributed by atoms with Crippen LogP contribution in [0.25, 0.3) is 0 Å². The van der Waals surface area contributed by atoms with Gasteiger partial charge in [-0.1, -0.05) is 18.2 Å². The summed E-state index contributed by atoms with van der Waals surface area (Å²) >= 11 is 0. The molecule has 0 fully saturated rings. The molecule has 0 aliphatic heterocycles. The first-order chi connectivity index (χ1) is 11.2. The average Bonchev–Trinajstić information content (AvgIpc) is 2.58. The Balaban J connectivity index is 1.90. The van der Waals surface area contributed by atoms with Gasteiger partial charge in [-0.2, -0.15) is 0 Å². The van der Waals surface area contributed by atoms with Crippen LogP contribution >= 0.6 is 0 Å². The summed E-state index contributed by atoms with van der Waals surface area (Å²) < 4.78 is 18.5. The highest BCUT2D eigenvalue weighted by Crippen LogP contribution is 2.07. The second kappa shape index (κ2) is 8.79. The molecule has 2 rings (SSSR count). The standard InChI is InChI=1S/C16H19FN4O2/c1-23-8-4-7-18-15-9-14(20-11-21-15)16(22)19-10-12-5-2-3-6-13(12)17/h2-3,5-6,9,11H,4,7-8,10H2,1H3,(H,19,22)(H,18,20,21). The highest BCUT2D eigenvalue weighted by Gasteiger charge is 2.09. The van der Waals surface area contributed by atoms with Gasteiger partial charge in [0.2, 0.25) is 0 Å². The summed E-state index contributed by atoms with van der Waals surface area (Å²) in [6.45, 7) is 1.43. The summed E-state index contributed by atoms with van der Waals surface area (Å²) in [6, 6.07) is 7.86. The summed E-state index contributed by atoms with van der Waals surface area (Å²) in [4.78, 5) is 20.1. The van der Waals surface area contributed by atoms with Crippen molar-refractivity contribution in [2.45, 2.75) is 13.0 Å². The number of aromatic nitrogens is 2. The summed E-state index contributed by atoms with van der Waals surface area (Å²) in [5.74, 6) is -0.168. The molecule has 0 bridgehead atoms. The fourth-order valence-corrected chi connectivity index (χ4v) is 1.92. The van der Waals surface area contributed by atoms with Crippen molar-refractivity contribution in [2.75, 3.05) is 25.6 Å². The Labute approximate surface area is 134 Å². The first-order valence-corrected chi connectivity index (χ1v) is 7.27. The number of methoxy groups -OCH3 is 1. The molecule has 1 heterocycles. The van der Waals surface area contributed by atoms with E-state index in [4.69, 9.17) is 4.74 Å². The van der Waals surface area contributed by atoms with Crippen LogP contribution in [0, 0.1) is 5.82 Å². The third-order valence-electron chi connectivity index (χ3n) is 3.13. The molecular weight excluding hydrogens is 299 g/mol. The number of nitrogens with one attached hydrogen (secondary N) is 2. The Kier molecular flexibility index (Phi) is 6.43. The van der Waals surface area contributed by atoms with Crippen LogP contribution in [0.15, 0.2) is 36.7 Å². The minimum absolute atomic E-state index is 0.103. The Bertz CT molecular complexity index is 651. The largest absolute Gasteiger partial charge is 0.385 e. The zero-order valence-electron chi connectivity index (χ0n) is 12.9. The monoisotopic (exact) mass is 318 g/mol. The van der Waals surface area contributed by atoms with Gasteiger partial charge in [0, 0.05) is 38.4 Å². The number of benzene rings is 1. The maximum absolute atomic E-state index is 13.5. The quantitative estimate of drug-likeness (QED) is 0.728. The molecule has 0 saturated carbocycles. The van der Waals surface area contributed by atoms with Crippen molar-refractivity contribution in [1.82, 2.24) is 15.3 Å². The van der Waals surface area contributed by atoms with Crippen molar-refractivity contribution >= 4 is 11.7 Å². The van der Waals surface area contributed by atoms with E-state index in [0.29, 0.717) is 24.5 Å². The number of carbonyl (C=O) groups excluding carboxylic acids is 1. The zero-order valence-corrected chi connectivity index (χ0v) is 12.9. The lowest BCUT2D eigenvalue weighted by atomic mass is 10.2. The highest BCUT2D eigenvalue weighted by molar-refractivity contribution is 5.92. The minimum Gasteiger partial charge on any atom is -0.385 e. The number of hydrogen-bond donors (Lipinski definition) is 2. The van der Waals surface area contributed by atoms with Gasteiger partial charge in [-0.05, 0) is 12.5 Å². The van der Waals surface area contributed by atoms with Crippen molar-refractivity contribution in [3.8, 4) is 0 Å². The number of amides is 1. The van der Waals surface area contributed by atoms with Gasteiger partial charge in [-0.15, -0.1) is 0 Å². The molecule has 0 atom stereocenters. The number of carbonyl (C=O) groups is 1. The highest BCUT2D eigenvalue weighted by atomic mass is 19.1. The van der Waals surface area contributed by atoms with Gasteiger partial charge < -0.3 is 15.4 Å². The predicted molar refractivity (Wildman–Crippen MR) is 84.6 cm³/mol. The molecule has 2 N–H and O–H groups in total. The van der Waals surface area contributed by atoms with Crippen LogP contribution < -0.4 is 10.6 Å². The van der Waals surface area contributed by atoms with Crippen LogP contribution in [0.5, 0.6) is 0 Å². The number of halogens is 1. The maximum Gasteiger partial charge on any atom is 0.270 e. The van der Waals surface area contributed by atoms with Gasteiger partial charge in [0.15, 0.2) is 0 Å². The molecule has 1 aromatic carbocycles. The molecular formula is C16H19FN4O2. The Morgan fingerprint density at radius 3 is 2.91 bits per heavy atom. The lowest BCUT2D eigenvalue weighted by molar-refractivity contribution is 0.0945. The molecule has 1 amide bonds. The van der Waals surface area contributed by atoms with Crippen LogP contribution in [0.4, 0.5) is 10.2 Å². The molecule has 23 heavy (non-hydrogen) atoms. The van der Waals surface area contributed by atoms with Crippen molar-refractivity contribution in [1.29, 1.82) is 0 Å². The topological polar surface area (TPSA) is 76.1 Å². The number of hydrogen-bond acceptors (Lipinski definition) is 5. The van der Waals surface area contributed by atoms with Gasteiger partial charge in [0.05, 0.1) is 0 Å². The second-order valence-corrected chi connectivity index (χ2v) is 4.84. The normalized spacial score (nSPS) is 10.3. The van der Waals surface area contributed by atoms with Crippen molar-refractivity contribution < 1.29 is 13.9 Å². The van der Waals surface area contributed by atoms with Gasteiger partial charge in [0.1, 0.15) is 23.7 Å². The van der Waals surface area contributed by atoms with E-state index >= 15 is 0 Å². The smallest absolute Gasteiger partial charge is 0.270 e. The minimum atomic E-state index is -0.379. The van der Waals surface area contributed by atoms with Crippen molar-refractivity contribution in [3.05, 3.63) is 53.7 Å². The molecule has 0 aliphatic carbocycles. The van der Waals surface area contributed by atoms with Crippen LogP contribution in [0.1, 0.15) is 22.5 Å². The summed E-state index contributed by atoms with van der Waals surface area (Å²) in [5, 5.41) is 5.73. The number of ether oxygens (including phenoxy) is 1. The van der Waals surface area contributed by atoms with E-state index < -0.39 is 0 Å². The van der Waals surface area contributed by atoms with Crippen LogP contribution in [-0.4, -0.2) is 36.1 Å². The van der Waals surface area contributed by atoms with Crippen molar-refractivity contribution in [3.63, 3.8) is 0 Å². The lowest BCUT2D eigenvalue weighted by Gasteiger charge is -2.08. The number of rotatable bonds is 8. The van der Waals surface area contributed by atoms with Crippen molar-refractivity contribution in [2.24, 2.45) is 0 Å². The van der Waals surface area contributed by atoms with Gasteiger partial charge in [-0.25, -0.2) is 14.4 Å². The molecule has 0 spiro atoms. The van der Waals surface area contributed by atoms with Crippen LogP contribution in [0.3, 0.4) is 0 Å². The van der Waals surface area contributed by atoms with E-state index in [-0.39, 0.29) is 24.0 Å². The first kappa shape index (κ1) is 16.8. The molecule has 0 aliphatic rings. The predicted octanol–water partition coefficient (Wildman–Crippen LogP) is 1.99. The molecule has 0 unspecified atom stereocenters. The second-order valence-electron chi connectivity index (χ2n) is 4.84. The van der Waals surface area contributed by atoms with E-state index in [1.807, 2.05) is 0 Å². The van der Waals surface area contributed by atoms with E-state index in [0.717, 1.165) is 6.42 Å². The molecule has 0 radical (unpaired) electrons. The van der Waals surface area contributed by atoms with Gasteiger partial charge in [0.25, 0.3) is 5.91 Å². The molecule has 1 aromatic heterocycles.